The van der Waals surface area contributed by atoms with Crippen molar-refractivity contribution in [2.45, 2.75) is 50.6 Å². The van der Waals surface area contributed by atoms with Crippen molar-refractivity contribution in [3.63, 3.8) is 0 Å². The van der Waals surface area contributed by atoms with Crippen LogP contribution < -0.4 is 5.32 Å². The molecular formula is C14H22N2O3. The second kappa shape index (κ2) is 5.12. The molecule has 3 unspecified atom stereocenters. The zero-order valence-corrected chi connectivity index (χ0v) is 11.2. The number of carboxylic acids is 1. The van der Waals surface area contributed by atoms with Crippen molar-refractivity contribution in [1.82, 2.24) is 10.2 Å². The molecule has 5 nitrogen and oxygen atoms in total. The molecule has 106 valence electrons. The van der Waals surface area contributed by atoms with Crippen LogP contribution in [0.2, 0.25) is 0 Å². The Hall–Kier alpha value is -1.10. The highest BCUT2D eigenvalue weighted by atomic mass is 16.4. The second-order valence-corrected chi connectivity index (χ2v) is 6.18. The quantitative estimate of drug-likeness (QED) is 0.794. The molecule has 3 fully saturated rings. The molecule has 3 aliphatic heterocycles. The molecule has 2 bridgehead atoms. The highest BCUT2D eigenvalue weighted by Crippen LogP contribution is 2.42. The number of carbonyl (C=O) groups excluding carboxylic acids is 1. The summed E-state index contributed by atoms with van der Waals surface area (Å²) in [7, 11) is 0. The Kier molecular flexibility index (Phi) is 3.48. The molecule has 0 spiro atoms. The maximum Gasteiger partial charge on any atom is 0.308 e. The molecule has 0 saturated carbocycles. The van der Waals surface area contributed by atoms with Crippen LogP contribution in [0.25, 0.3) is 0 Å². The van der Waals surface area contributed by atoms with Crippen LogP contribution in [0.4, 0.5) is 0 Å². The van der Waals surface area contributed by atoms with Crippen LogP contribution in [0.3, 0.4) is 0 Å². The first-order chi connectivity index (χ1) is 9.16. The van der Waals surface area contributed by atoms with E-state index >= 15 is 0 Å². The summed E-state index contributed by atoms with van der Waals surface area (Å²) in [5.74, 6) is -0.372. The summed E-state index contributed by atoms with van der Waals surface area (Å²) in [4.78, 5) is 25.6. The van der Waals surface area contributed by atoms with Crippen LogP contribution in [0.1, 0.15) is 38.5 Å². The first kappa shape index (κ1) is 12.9. The van der Waals surface area contributed by atoms with E-state index in [1.54, 1.807) is 0 Å². The molecule has 19 heavy (non-hydrogen) atoms. The number of carboxylic acid groups (broad SMARTS) is 1. The minimum absolute atomic E-state index is 0.0308. The van der Waals surface area contributed by atoms with E-state index in [9.17, 15) is 14.7 Å². The Morgan fingerprint density at radius 3 is 2.53 bits per heavy atom. The molecule has 3 saturated heterocycles. The molecule has 3 aliphatic rings. The van der Waals surface area contributed by atoms with Gasteiger partial charge < -0.3 is 15.3 Å². The van der Waals surface area contributed by atoms with Crippen LogP contribution in [0.15, 0.2) is 0 Å². The molecule has 0 aromatic rings. The lowest BCUT2D eigenvalue weighted by molar-refractivity contribution is -0.143. The van der Waals surface area contributed by atoms with Gasteiger partial charge in [-0.15, -0.1) is 0 Å². The van der Waals surface area contributed by atoms with Gasteiger partial charge in [0.15, 0.2) is 0 Å². The summed E-state index contributed by atoms with van der Waals surface area (Å²) in [5, 5.41) is 12.5. The first-order valence-electron chi connectivity index (χ1n) is 7.41. The highest BCUT2D eigenvalue weighted by Gasteiger charge is 2.51. The van der Waals surface area contributed by atoms with Crippen LogP contribution >= 0.6 is 0 Å². The van der Waals surface area contributed by atoms with Crippen LogP contribution in [-0.2, 0) is 9.59 Å². The Labute approximate surface area is 113 Å². The molecule has 0 aromatic heterocycles. The average molecular weight is 266 g/mol. The van der Waals surface area contributed by atoms with Gasteiger partial charge in [0.1, 0.15) is 0 Å². The predicted octanol–water partition coefficient (Wildman–Crippen LogP) is 0.840. The number of aliphatic carboxylic acids is 1. The zero-order chi connectivity index (χ0) is 13.4. The maximum atomic E-state index is 12.5. The van der Waals surface area contributed by atoms with Gasteiger partial charge in [0.25, 0.3) is 0 Å². The molecule has 1 amide bonds. The molecule has 3 atom stereocenters. The third kappa shape index (κ3) is 2.36. The number of nitrogens with one attached hydrogen (secondary N) is 1. The van der Waals surface area contributed by atoms with Crippen LogP contribution in [0, 0.1) is 11.8 Å². The smallest absolute Gasteiger partial charge is 0.308 e. The highest BCUT2D eigenvalue weighted by molar-refractivity contribution is 5.80. The Morgan fingerprint density at radius 2 is 1.89 bits per heavy atom. The molecular weight excluding hydrogens is 244 g/mol. The van der Waals surface area contributed by atoms with Crippen molar-refractivity contribution < 1.29 is 14.7 Å². The normalized spacial score (nSPS) is 34.7. The molecule has 0 radical (unpaired) electrons. The number of nitrogens with zero attached hydrogens (tertiary/aromatic N) is 1. The topological polar surface area (TPSA) is 69.6 Å². The molecule has 3 rings (SSSR count). The lowest BCUT2D eigenvalue weighted by Gasteiger charge is -2.27. The molecule has 2 N–H and O–H groups in total. The number of amides is 1. The fourth-order valence-electron chi connectivity index (χ4n) is 4.08. The lowest BCUT2D eigenvalue weighted by atomic mass is 9.89. The number of piperidine rings is 1. The number of fused-ring (bicyclic) bond motifs is 2. The van der Waals surface area contributed by atoms with Crippen molar-refractivity contribution in [2.24, 2.45) is 11.8 Å². The Bertz CT molecular complexity index is 379. The lowest BCUT2D eigenvalue weighted by Crippen LogP contribution is -2.39. The second-order valence-electron chi connectivity index (χ2n) is 6.18. The van der Waals surface area contributed by atoms with Gasteiger partial charge in [0.2, 0.25) is 5.91 Å². The van der Waals surface area contributed by atoms with Gasteiger partial charge >= 0.3 is 5.97 Å². The van der Waals surface area contributed by atoms with E-state index in [0.29, 0.717) is 18.8 Å². The van der Waals surface area contributed by atoms with Gasteiger partial charge in [0.05, 0.1) is 5.92 Å². The third-order valence-corrected chi connectivity index (χ3v) is 5.06. The molecule has 0 aromatic carbocycles. The largest absolute Gasteiger partial charge is 0.481 e. The Morgan fingerprint density at radius 1 is 1.16 bits per heavy atom. The SMILES string of the molecule is O=C(O)C1CC2CCC1N2C(=O)CC1CCNCC1. The maximum absolute atomic E-state index is 12.5. The summed E-state index contributed by atoms with van der Waals surface area (Å²) < 4.78 is 0. The van der Waals surface area contributed by atoms with Crippen LogP contribution in [0.5, 0.6) is 0 Å². The average Bonchev–Trinajstić information content (AvgIpc) is 2.97. The minimum atomic E-state index is -0.730. The molecule has 0 aliphatic carbocycles. The summed E-state index contributed by atoms with van der Waals surface area (Å²) in [6.07, 6.45) is 5.28. The first-order valence-corrected chi connectivity index (χ1v) is 7.41. The summed E-state index contributed by atoms with van der Waals surface area (Å²) in [6, 6.07) is 0.164. The van der Waals surface area contributed by atoms with E-state index < -0.39 is 5.97 Å². The zero-order valence-electron chi connectivity index (χ0n) is 11.2. The van der Waals surface area contributed by atoms with E-state index in [-0.39, 0.29) is 23.9 Å². The number of hydrogen-bond acceptors (Lipinski definition) is 3. The van der Waals surface area contributed by atoms with Gasteiger partial charge in [-0.25, -0.2) is 0 Å². The number of hydrogen-bond donors (Lipinski definition) is 2. The van der Waals surface area contributed by atoms with Gasteiger partial charge in [-0.1, -0.05) is 0 Å². The van der Waals surface area contributed by atoms with Crippen molar-refractivity contribution >= 4 is 11.9 Å². The third-order valence-electron chi connectivity index (χ3n) is 5.06. The number of carbonyl (C=O) groups is 2. The number of rotatable bonds is 3. The van der Waals surface area contributed by atoms with Crippen molar-refractivity contribution in [3.8, 4) is 0 Å². The van der Waals surface area contributed by atoms with Crippen molar-refractivity contribution in [3.05, 3.63) is 0 Å². The van der Waals surface area contributed by atoms with E-state index in [2.05, 4.69) is 5.32 Å². The predicted molar refractivity (Wildman–Crippen MR) is 69.6 cm³/mol. The molecule has 3 heterocycles. The van der Waals surface area contributed by atoms with Crippen LogP contribution in [-0.4, -0.2) is 47.1 Å². The van der Waals surface area contributed by atoms with Crippen molar-refractivity contribution in [1.29, 1.82) is 0 Å². The monoisotopic (exact) mass is 266 g/mol. The summed E-state index contributed by atoms with van der Waals surface area (Å²) in [5.41, 5.74) is 0. The van der Waals surface area contributed by atoms with E-state index in [1.165, 1.54) is 0 Å². The molecule has 5 heteroatoms. The Balaban J connectivity index is 1.62. The minimum Gasteiger partial charge on any atom is -0.481 e. The van der Waals surface area contributed by atoms with E-state index in [4.69, 9.17) is 0 Å². The van der Waals surface area contributed by atoms with Gasteiger partial charge in [-0.2, -0.15) is 0 Å². The van der Waals surface area contributed by atoms with Gasteiger partial charge in [-0.05, 0) is 51.1 Å². The fraction of sp³-hybridized carbons (Fsp3) is 0.857. The summed E-state index contributed by atoms with van der Waals surface area (Å²) >= 11 is 0. The fourth-order valence-corrected chi connectivity index (χ4v) is 4.08. The van der Waals surface area contributed by atoms with Gasteiger partial charge in [0, 0.05) is 18.5 Å². The standard InChI is InChI=1S/C14H22N2O3/c17-13(7-9-3-5-15-6-4-9)16-10-1-2-12(16)11(8-10)14(18)19/h9-12,15H,1-8H2,(H,18,19). The van der Waals surface area contributed by atoms with E-state index in [0.717, 1.165) is 38.8 Å². The van der Waals surface area contributed by atoms with Gasteiger partial charge in [-0.3, -0.25) is 9.59 Å². The van der Waals surface area contributed by atoms with E-state index in [1.807, 2.05) is 4.90 Å². The summed E-state index contributed by atoms with van der Waals surface area (Å²) in [6.45, 7) is 2.01. The van der Waals surface area contributed by atoms with Crippen molar-refractivity contribution in [2.75, 3.05) is 13.1 Å².